The lowest BCUT2D eigenvalue weighted by Gasteiger charge is -2.39. The molecule has 2 amide bonds. The Kier molecular flexibility index (Phi) is 5.26. The van der Waals surface area contributed by atoms with E-state index >= 15 is 0 Å². The number of aryl methyl sites for hydroxylation is 1. The van der Waals surface area contributed by atoms with Gasteiger partial charge in [-0.1, -0.05) is 12.1 Å². The van der Waals surface area contributed by atoms with Gasteiger partial charge in [0.2, 0.25) is 5.91 Å². The number of nitrogens with zero attached hydrogens (tertiary/aromatic N) is 3. The zero-order valence-corrected chi connectivity index (χ0v) is 17.1. The van der Waals surface area contributed by atoms with E-state index < -0.39 is 5.41 Å². The van der Waals surface area contributed by atoms with Crippen LogP contribution in [0.2, 0.25) is 0 Å². The lowest BCUT2D eigenvalue weighted by atomic mass is 9.78. The van der Waals surface area contributed by atoms with Gasteiger partial charge in [-0.05, 0) is 56.0 Å². The number of piperidine rings is 1. The summed E-state index contributed by atoms with van der Waals surface area (Å²) in [6.45, 7) is 4.34. The molecule has 6 nitrogen and oxygen atoms in total. The molecule has 2 saturated heterocycles. The predicted molar refractivity (Wildman–Crippen MR) is 110 cm³/mol. The Morgan fingerprint density at radius 1 is 1.21 bits per heavy atom. The van der Waals surface area contributed by atoms with Crippen LogP contribution in [0.1, 0.15) is 40.9 Å². The number of hydrogen-bond donors (Lipinski definition) is 0. The van der Waals surface area contributed by atoms with Crippen LogP contribution in [0.3, 0.4) is 0 Å². The van der Waals surface area contributed by atoms with Crippen LogP contribution in [0.25, 0.3) is 0 Å². The van der Waals surface area contributed by atoms with E-state index in [9.17, 15) is 9.59 Å². The van der Waals surface area contributed by atoms with E-state index in [1.807, 2.05) is 53.1 Å². The van der Waals surface area contributed by atoms with E-state index in [0.717, 1.165) is 42.8 Å². The second-order valence-corrected chi connectivity index (χ2v) is 8.13. The highest BCUT2D eigenvalue weighted by Crippen LogP contribution is 2.41. The monoisotopic (exact) mass is 393 g/mol. The number of carbonyl (C=O) groups excluding carboxylic acids is 2. The van der Waals surface area contributed by atoms with Crippen LogP contribution >= 0.6 is 0 Å². The van der Waals surface area contributed by atoms with E-state index in [-0.39, 0.29) is 11.8 Å². The van der Waals surface area contributed by atoms with Crippen LogP contribution in [-0.2, 0) is 11.3 Å². The van der Waals surface area contributed by atoms with E-state index in [1.54, 1.807) is 13.3 Å². The van der Waals surface area contributed by atoms with E-state index in [2.05, 4.69) is 4.98 Å². The third-order valence-corrected chi connectivity index (χ3v) is 6.13. The van der Waals surface area contributed by atoms with Crippen molar-refractivity contribution in [3.63, 3.8) is 0 Å². The molecule has 1 atom stereocenters. The maximum atomic E-state index is 13.4. The van der Waals surface area contributed by atoms with Crippen molar-refractivity contribution >= 4 is 11.8 Å². The zero-order chi connectivity index (χ0) is 20.4. The summed E-state index contributed by atoms with van der Waals surface area (Å²) in [5, 5.41) is 0. The third kappa shape index (κ3) is 3.84. The number of rotatable bonds is 4. The van der Waals surface area contributed by atoms with Crippen molar-refractivity contribution in [3.8, 4) is 5.75 Å². The van der Waals surface area contributed by atoms with Gasteiger partial charge in [0, 0.05) is 38.1 Å². The fraction of sp³-hybridized carbons (Fsp3) is 0.435. The van der Waals surface area contributed by atoms with Gasteiger partial charge in [-0.2, -0.15) is 0 Å². The molecule has 152 valence electrons. The molecule has 1 spiro atoms. The van der Waals surface area contributed by atoms with E-state index in [0.29, 0.717) is 25.2 Å². The quantitative estimate of drug-likeness (QED) is 0.801. The fourth-order valence-electron chi connectivity index (χ4n) is 4.50. The van der Waals surface area contributed by atoms with Crippen molar-refractivity contribution in [2.45, 2.75) is 32.7 Å². The second-order valence-electron chi connectivity index (χ2n) is 8.13. The molecule has 0 radical (unpaired) electrons. The first-order chi connectivity index (χ1) is 14.0. The van der Waals surface area contributed by atoms with Gasteiger partial charge in [0.05, 0.1) is 18.1 Å². The van der Waals surface area contributed by atoms with Crippen LogP contribution in [0, 0.1) is 12.3 Å². The summed E-state index contributed by atoms with van der Waals surface area (Å²) in [6, 6.07) is 11.5. The standard InChI is InChI=1S/C23H27N3O3/c1-17-7-8-19(14-24-17)21(27)26-12-10-23(16-26)9-4-11-25(22(23)28)15-18-5-3-6-20(13-18)29-2/h3,5-8,13-14H,4,9-12,15-16H2,1-2H3/t23-/m1/s1. The van der Waals surface area contributed by atoms with Gasteiger partial charge in [-0.25, -0.2) is 0 Å². The van der Waals surface area contributed by atoms with Crippen LogP contribution in [0.5, 0.6) is 5.75 Å². The molecule has 1 aromatic carbocycles. The molecule has 0 saturated carbocycles. The van der Waals surface area contributed by atoms with Crippen molar-refractivity contribution in [3.05, 3.63) is 59.4 Å². The number of aromatic nitrogens is 1. The molecule has 0 aliphatic carbocycles. The summed E-state index contributed by atoms with van der Waals surface area (Å²) in [7, 11) is 1.65. The SMILES string of the molecule is COc1cccc(CN2CCC[C@]3(CCN(C(=O)c4ccc(C)nc4)C3)C2=O)c1. The molecule has 0 bridgehead atoms. The van der Waals surface area contributed by atoms with Gasteiger partial charge in [0.25, 0.3) is 5.91 Å². The number of hydrogen-bond acceptors (Lipinski definition) is 4. The third-order valence-electron chi connectivity index (χ3n) is 6.13. The number of likely N-dealkylation sites (tertiary alicyclic amines) is 2. The smallest absolute Gasteiger partial charge is 0.255 e. The highest BCUT2D eigenvalue weighted by Gasteiger charge is 2.49. The molecule has 2 aromatic rings. The maximum Gasteiger partial charge on any atom is 0.255 e. The van der Waals surface area contributed by atoms with E-state index in [1.165, 1.54) is 0 Å². The van der Waals surface area contributed by atoms with E-state index in [4.69, 9.17) is 4.74 Å². The zero-order valence-electron chi connectivity index (χ0n) is 17.1. The first kappa shape index (κ1) is 19.4. The summed E-state index contributed by atoms with van der Waals surface area (Å²) in [5.41, 5.74) is 2.08. The van der Waals surface area contributed by atoms with Gasteiger partial charge in [-0.3, -0.25) is 14.6 Å². The Hall–Kier alpha value is -2.89. The number of amides is 2. The molecule has 6 heteroatoms. The van der Waals surface area contributed by atoms with Crippen molar-refractivity contribution in [2.24, 2.45) is 5.41 Å². The molecule has 4 rings (SSSR count). The average Bonchev–Trinajstić information content (AvgIpc) is 3.17. The lowest BCUT2D eigenvalue weighted by Crippen LogP contribution is -2.50. The van der Waals surface area contributed by atoms with Gasteiger partial charge in [-0.15, -0.1) is 0 Å². The molecule has 2 aliphatic heterocycles. The van der Waals surface area contributed by atoms with Gasteiger partial charge in [0.1, 0.15) is 5.75 Å². The average molecular weight is 393 g/mol. The van der Waals surface area contributed by atoms with Crippen LogP contribution in [0.4, 0.5) is 0 Å². The Balaban J connectivity index is 1.47. The number of benzene rings is 1. The van der Waals surface area contributed by atoms with Crippen LogP contribution in [0.15, 0.2) is 42.6 Å². The molecule has 29 heavy (non-hydrogen) atoms. The largest absolute Gasteiger partial charge is 0.497 e. The molecular formula is C23H27N3O3. The summed E-state index contributed by atoms with van der Waals surface area (Å²) in [4.78, 5) is 34.3. The van der Waals surface area contributed by atoms with Crippen molar-refractivity contribution in [1.82, 2.24) is 14.8 Å². The summed E-state index contributed by atoms with van der Waals surface area (Å²) < 4.78 is 5.30. The van der Waals surface area contributed by atoms with Crippen LogP contribution < -0.4 is 4.74 Å². The number of ether oxygens (including phenoxy) is 1. The fourth-order valence-corrected chi connectivity index (χ4v) is 4.50. The predicted octanol–water partition coefficient (Wildman–Crippen LogP) is 3.05. The summed E-state index contributed by atoms with van der Waals surface area (Å²) in [5.74, 6) is 0.932. The Morgan fingerprint density at radius 3 is 2.83 bits per heavy atom. The number of pyridine rings is 1. The maximum absolute atomic E-state index is 13.4. The minimum Gasteiger partial charge on any atom is -0.497 e. The Labute approximate surface area is 171 Å². The molecule has 1 aromatic heterocycles. The summed E-state index contributed by atoms with van der Waals surface area (Å²) >= 11 is 0. The van der Waals surface area contributed by atoms with Crippen LogP contribution in [-0.4, -0.2) is 53.3 Å². The summed E-state index contributed by atoms with van der Waals surface area (Å²) in [6.07, 6.45) is 4.16. The molecular weight excluding hydrogens is 366 g/mol. The number of carbonyl (C=O) groups is 2. The highest BCUT2D eigenvalue weighted by molar-refractivity contribution is 5.95. The first-order valence-corrected chi connectivity index (χ1v) is 10.1. The topological polar surface area (TPSA) is 62.7 Å². The highest BCUT2D eigenvalue weighted by atomic mass is 16.5. The normalized spacial score (nSPS) is 21.7. The minimum absolute atomic E-state index is 0.0351. The molecule has 0 N–H and O–H groups in total. The molecule has 2 aliphatic rings. The Bertz CT molecular complexity index is 912. The lowest BCUT2D eigenvalue weighted by molar-refractivity contribution is -0.146. The van der Waals surface area contributed by atoms with Gasteiger partial charge in [0.15, 0.2) is 0 Å². The minimum atomic E-state index is -0.453. The number of methoxy groups -OCH3 is 1. The van der Waals surface area contributed by atoms with Gasteiger partial charge < -0.3 is 14.5 Å². The van der Waals surface area contributed by atoms with Crippen molar-refractivity contribution < 1.29 is 14.3 Å². The second kappa shape index (κ2) is 7.85. The van der Waals surface area contributed by atoms with Crippen molar-refractivity contribution in [2.75, 3.05) is 26.7 Å². The Morgan fingerprint density at radius 2 is 2.07 bits per heavy atom. The van der Waals surface area contributed by atoms with Gasteiger partial charge >= 0.3 is 0 Å². The first-order valence-electron chi connectivity index (χ1n) is 10.1. The molecule has 3 heterocycles. The molecule has 2 fully saturated rings. The molecule has 0 unspecified atom stereocenters. The van der Waals surface area contributed by atoms with Crippen molar-refractivity contribution in [1.29, 1.82) is 0 Å².